The van der Waals surface area contributed by atoms with Gasteiger partial charge >= 0.3 is 0 Å². The van der Waals surface area contributed by atoms with Crippen LogP contribution in [-0.2, 0) is 6.54 Å². The van der Waals surface area contributed by atoms with Crippen molar-refractivity contribution in [3.63, 3.8) is 0 Å². The zero-order valence-electron chi connectivity index (χ0n) is 11.0. The predicted octanol–water partition coefficient (Wildman–Crippen LogP) is 2.83. The Bertz CT molecular complexity index is 806. The van der Waals surface area contributed by atoms with Gasteiger partial charge in [0.15, 0.2) is 0 Å². The molecule has 0 aliphatic heterocycles. The highest BCUT2D eigenvalue weighted by molar-refractivity contribution is 6.29. The number of halogens is 2. The van der Waals surface area contributed by atoms with Gasteiger partial charge in [-0.25, -0.2) is 9.37 Å². The summed E-state index contributed by atoms with van der Waals surface area (Å²) in [6.07, 6.45) is 1.92. The van der Waals surface area contributed by atoms with Gasteiger partial charge < -0.3 is 0 Å². The summed E-state index contributed by atoms with van der Waals surface area (Å²) < 4.78 is 15.4. The van der Waals surface area contributed by atoms with E-state index in [1.165, 1.54) is 28.8 Å². The van der Waals surface area contributed by atoms with Crippen molar-refractivity contribution >= 4 is 11.6 Å². The molecule has 6 heteroatoms. The van der Waals surface area contributed by atoms with Crippen LogP contribution in [0.1, 0.15) is 35.7 Å². The molecule has 0 unspecified atom stereocenters. The molecule has 0 radical (unpaired) electrons. The lowest BCUT2D eigenvalue weighted by Crippen LogP contribution is -2.25. The van der Waals surface area contributed by atoms with Crippen LogP contribution in [0.3, 0.4) is 0 Å². The minimum absolute atomic E-state index is 0.0897. The lowest BCUT2D eigenvalue weighted by molar-refractivity contribution is 0.584. The SMILES string of the molecule is N#Cc1ccc(Cn2c(C3CC3)nc(Cl)cc2=O)c(F)c1. The molecule has 0 spiro atoms. The highest BCUT2D eigenvalue weighted by Gasteiger charge is 2.29. The Balaban J connectivity index is 2.02. The number of nitrogens with zero attached hydrogens (tertiary/aromatic N) is 3. The van der Waals surface area contributed by atoms with Crippen LogP contribution in [-0.4, -0.2) is 9.55 Å². The molecule has 21 heavy (non-hydrogen) atoms. The molecule has 1 aliphatic rings. The molecule has 0 N–H and O–H groups in total. The summed E-state index contributed by atoms with van der Waals surface area (Å²) in [6.45, 7) is 0.0897. The standard InChI is InChI=1S/C15H11ClFN3O/c16-13-6-14(21)20(15(19-13)10-3-4-10)8-11-2-1-9(7-18)5-12(11)17/h1-2,5-6,10H,3-4,8H2. The van der Waals surface area contributed by atoms with E-state index in [4.69, 9.17) is 16.9 Å². The molecule has 0 bridgehead atoms. The maximum Gasteiger partial charge on any atom is 0.255 e. The van der Waals surface area contributed by atoms with Gasteiger partial charge in [0.05, 0.1) is 18.2 Å². The van der Waals surface area contributed by atoms with Crippen molar-refractivity contribution in [1.82, 2.24) is 9.55 Å². The summed E-state index contributed by atoms with van der Waals surface area (Å²) in [5, 5.41) is 8.91. The summed E-state index contributed by atoms with van der Waals surface area (Å²) >= 11 is 5.83. The fourth-order valence-electron chi connectivity index (χ4n) is 2.22. The first-order valence-corrected chi connectivity index (χ1v) is 6.92. The fourth-order valence-corrected chi connectivity index (χ4v) is 2.40. The van der Waals surface area contributed by atoms with Gasteiger partial charge in [-0.3, -0.25) is 9.36 Å². The minimum Gasteiger partial charge on any atom is -0.292 e. The molecule has 1 heterocycles. The van der Waals surface area contributed by atoms with Crippen LogP contribution in [0.4, 0.5) is 4.39 Å². The summed E-state index contributed by atoms with van der Waals surface area (Å²) in [4.78, 5) is 16.3. The molecule has 2 aromatic rings. The van der Waals surface area contributed by atoms with E-state index in [0.717, 1.165) is 12.8 Å². The van der Waals surface area contributed by atoms with Crippen molar-refractivity contribution in [2.75, 3.05) is 0 Å². The number of hydrogen-bond donors (Lipinski definition) is 0. The molecule has 4 nitrogen and oxygen atoms in total. The monoisotopic (exact) mass is 303 g/mol. The maximum absolute atomic E-state index is 14.0. The highest BCUT2D eigenvalue weighted by Crippen LogP contribution is 2.39. The summed E-state index contributed by atoms with van der Waals surface area (Å²) in [5.74, 6) is 0.326. The molecule has 0 atom stereocenters. The molecule has 1 aromatic carbocycles. The number of hydrogen-bond acceptors (Lipinski definition) is 3. The van der Waals surface area contributed by atoms with Crippen LogP contribution in [0, 0.1) is 17.1 Å². The van der Waals surface area contributed by atoms with Gasteiger partial charge in [-0.15, -0.1) is 0 Å². The van der Waals surface area contributed by atoms with Gasteiger partial charge in [0.1, 0.15) is 16.8 Å². The maximum atomic E-state index is 14.0. The molecule has 1 fully saturated rings. The van der Waals surface area contributed by atoms with Gasteiger partial charge in [0.25, 0.3) is 5.56 Å². The largest absolute Gasteiger partial charge is 0.292 e. The summed E-state index contributed by atoms with van der Waals surface area (Å²) in [7, 11) is 0. The van der Waals surface area contributed by atoms with E-state index in [-0.39, 0.29) is 28.7 Å². The Kier molecular flexibility index (Phi) is 3.48. The van der Waals surface area contributed by atoms with E-state index in [1.54, 1.807) is 0 Å². The minimum atomic E-state index is -0.502. The highest BCUT2D eigenvalue weighted by atomic mass is 35.5. The van der Waals surface area contributed by atoms with Gasteiger partial charge in [-0.1, -0.05) is 17.7 Å². The average Bonchev–Trinajstić information content (AvgIpc) is 3.27. The first kappa shape index (κ1) is 13.8. The third-order valence-corrected chi connectivity index (χ3v) is 3.65. The second kappa shape index (κ2) is 5.30. The van der Waals surface area contributed by atoms with E-state index in [9.17, 15) is 9.18 Å². The Morgan fingerprint density at radius 3 is 2.81 bits per heavy atom. The topological polar surface area (TPSA) is 58.7 Å². The van der Waals surface area contributed by atoms with Crippen molar-refractivity contribution in [2.24, 2.45) is 0 Å². The molecule has 1 aromatic heterocycles. The predicted molar refractivity (Wildman–Crippen MR) is 75.7 cm³/mol. The van der Waals surface area contributed by atoms with Crippen molar-refractivity contribution < 1.29 is 4.39 Å². The van der Waals surface area contributed by atoms with Crippen LogP contribution in [0.5, 0.6) is 0 Å². The van der Waals surface area contributed by atoms with Crippen LogP contribution in [0.15, 0.2) is 29.1 Å². The lowest BCUT2D eigenvalue weighted by Gasteiger charge is -2.12. The lowest BCUT2D eigenvalue weighted by atomic mass is 10.1. The van der Waals surface area contributed by atoms with Crippen molar-refractivity contribution in [3.8, 4) is 6.07 Å². The Hall–Kier alpha value is -2.19. The average molecular weight is 304 g/mol. The van der Waals surface area contributed by atoms with E-state index in [1.807, 2.05) is 6.07 Å². The van der Waals surface area contributed by atoms with E-state index in [0.29, 0.717) is 11.4 Å². The second-order valence-electron chi connectivity index (χ2n) is 5.05. The van der Waals surface area contributed by atoms with Gasteiger partial charge in [-0.05, 0) is 25.0 Å². The molecule has 1 saturated carbocycles. The second-order valence-corrected chi connectivity index (χ2v) is 5.44. The molecule has 106 valence electrons. The third-order valence-electron chi connectivity index (χ3n) is 3.46. The normalized spacial score (nSPS) is 14.0. The fraction of sp³-hybridized carbons (Fsp3) is 0.267. The van der Waals surface area contributed by atoms with E-state index in [2.05, 4.69) is 4.98 Å². The third kappa shape index (κ3) is 2.81. The smallest absolute Gasteiger partial charge is 0.255 e. The van der Waals surface area contributed by atoms with E-state index < -0.39 is 5.82 Å². The molecular weight excluding hydrogens is 293 g/mol. The molecular formula is C15H11ClFN3O. The van der Waals surface area contributed by atoms with Gasteiger partial charge in [-0.2, -0.15) is 5.26 Å². The molecule has 0 saturated heterocycles. The summed E-state index contributed by atoms with van der Waals surface area (Å²) in [5.41, 5.74) is 0.308. The van der Waals surface area contributed by atoms with E-state index >= 15 is 0 Å². The zero-order valence-corrected chi connectivity index (χ0v) is 11.8. The number of nitriles is 1. The molecule has 1 aliphatic carbocycles. The summed E-state index contributed by atoms with van der Waals surface area (Å²) in [6, 6.07) is 7.33. The Labute approximate surface area is 125 Å². The number of rotatable bonds is 3. The van der Waals surface area contributed by atoms with Crippen molar-refractivity contribution in [1.29, 1.82) is 5.26 Å². The molecule has 3 rings (SSSR count). The number of benzene rings is 1. The zero-order chi connectivity index (χ0) is 15.0. The first-order chi connectivity index (χ1) is 10.1. The quantitative estimate of drug-likeness (QED) is 0.819. The van der Waals surface area contributed by atoms with Gasteiger partial charge in [0.2, 0.25) is 0 Å². The van der Waals surface area contributed by atoms with Crippen molar-refractivity contribution in [3.05, 3.63) is 62.5 Å². The van der Waals surface area contributed by atoms with Crippen LogP contribution >= 0.6 is 11.6 Å². The van der Waals surface area contributed by atoms with Gasteiger partial charge in [0, 0.05) is 17.5 Å². The van der Waals surface area contributed by atoms with Crippen LogP contribution in [0.25, 0.3) is 0 Å². The first-order valence-electron chi connectivity index (χ1n) is 6.54. The number of aromatic nitrogens is 2. The van der Waals surface area contributed by atoms with Crippen LogP contribution in [0.2, 0.25) is 5.15 Å². The Morgan fingerprint density at radius 1 is 1.43 bits per heavy atom. The van der Waals surface area contributed by atoms with Crippen molar-refractivity contribution in [2.45, 2.75) is 25.3 Å². The molecule has 0 amide bonds. The Morgan fingerprint density at radius 2 is 2.19 bits per heavy atom. The van der Waals surface area contributed by atoms with Crippen LogP contribution < -0.4 is 5.56 Å².